The molecular formula is C12H16BrNO2S. The smallest absolute Gasteiger partial charge is 0.182 e. The summed E-state index contributed by atoms with van der Waals surface area (Å²) in [6, 6.07) is 5.28. The van der Waals surface area contributed by atoms with Gasteiger partial charge in [-0.2, -0.15) is 0 Å². The predicted octanol–water partition coefficient (Wildman–Crippen LogP) is 3.06. The van der Waals surface area contributed by atoms with Crippen LogP contribution in [-0.2, 0) is 9.84 Å². The van der Waals surface area contributed by atoms with Crippen molar-refractivity contribution < 1.29 is 8.42 Å². The lowest BCUT2D eigenvalue weighted by Gasteiger charge is -2.36. The minimum absolute atomic E-state index is 0.0545. The van der Waals surface area contributed by atoms with Gasteiger partial charge in [0.15, 0.2) is 9.84 Å². The van der Waals surface area contributed by atoms with Gasteiger partial charge in [0.1, 0.15) is 0 Å². The van der Waals surface area contributed by atoms with Crippen LogP contribution in [0.25, 0.3) is 0 Å². The summed E-state index contributed by atoms with van der Waals surface area (Å²) in [5.74, 6) is 0.153. The molecule has 94 valence electrons. The lowest BCUT2D eigenvalue weighted by atomic mass is 9.87. The van der Waals surface area contributed by atoms with E-state index in [0.29, 0.717) is 10.6 Å². The summed E-state index contributed by atoms with van der Waals surface area (Å²) in [5, 5.41) is 3.32. The molecule has 1 aliphatic heterocycles. The lowest BCUT2D eigenvalue weighted by Crippen LogP contribution is -2.43. The molecule has 5 heteroatoms. The highest BCUT2D eigenvalue weighted by atomic mass is 79.9. The Kier molecular flexibility index (Phi) is 3.02. The van der Waals surface area contributed by atoms with E-state index in [2.05, 4.69) is 21.2 Å². The monoisotopic (exact) mass is 317 g/mol. The molecule has 3 nitrogen and oxygen atoms in total. The van der Waals surface area contributed by atoms with Gasteiger partial charge in [0, 0.05) is 10.5 Å². The van der Waals surface area contributed by atoms with E-state index in [1.54, 1.807) is 6.07 Å². The fraction of sp³-hybridized carbons (Fsp3) is 0.500. The quantitative estimate of drug-likeness (QED) is 0.800. The van der Waals surface area contributed by atoms with E-state index in [1.165, 1.54) is 0 Å². The van der Waals surface area contributed by atoms with Gasteiger partial charge in [-0.3, -0.25) is 0 Å². The van der Waals surface area contributed by atoms with Gasteiger partial charge in [-0.25, -0.2) is 8.42 Å². The molecule has 1 aliphatic rings. The molecule has 17 heavy (non-hydrogen) atoms. The number of benzene rings is 1. The van der Waals surface area contributed by atoms with Crippen molar-refractivity contribution >= 4 is 31.5 Å². The number of anilines is 1. The first-order chi connectivity index (χ1) is 7.70. The number of hydrogen-bond acceptors (Lipinski definition) is 3. The molecule has 0 aliphatic carbocycles. The van der Waals surface area contributed by atoms with Gasteiger partial charge < -0.3 is 5.32 Å². The molecule has 1 aromatic rings. The van der Waals surface area contributed by atoms with Crippen molar-refractivity contribution in [1.29, 1.82) is 0 Å². The van der Waals surface area contributed by atoms with Crippen LogP contribution in [-0.4, -0.2) is 20.2 Å². The summed E-state index contributed by atoms with van der Waals surface area (Å²) >= 11 is 3.30. The first-order valence-corrected chi connectivity index (χ1v) is 7.93. The third kappa shape index (κ3) is 2.50. The average Bonchev–Trinajstić information content (AvgIpc) is 2.16. The summed E-state index contributed by atoms with van der Waals surface area (Å²) < 4.78 is 25.2. The topological polar surface area (TPSA) is 46.2 Å². The van der Waals surface area contributed by atoms with Gasteiger partial charge in [0.05, 0.1) is 16.3 Å². The van der Waals surface area contributed by atoms with Crippen molar-refractivity contribution in [2.24, 2.45) is 5.41 Å². The fourth-order valence-electron chi connectivity index (χ4n) is 1.88. The molecule has 2 rings (SSSR count). The molecule has 1 N–H and O–H groups in total. The van der Waals surface area contributed by atoms with Crippen LogP contribution in [0.5, 0.6) is 0 Å². The maximum atomic E-state index is 12.2. The zero-order valence-corrected chi connectivity index (χ0v) is 12.5. The van der Waals surface area contributed by atoms with E-state index in [9.17, 15) is 8.42 Å². The Morgan fingerprint density at radius 2 is 2.00 bits per heavy atom. The first-order valence-electron chi connectivity index (χ1n) is 5.49. The SMILES string of the molecule is CC(C)(C)C1CS(=O)(=O)c2cc(Br)ccc2N1. The molecule has 0 saturated heterocycles. The van der Waals surface area contributed by atoms with E-state index in [4.69, 9.17) is 0 Å². The van der Waals surface area contributed by atoms with Crippen molar-refractivity contribution in [3.63, 3.8) is 0 Å². The van der Waals surface area contributed by atoms with E-state index in [-0.39, 0.29) is 17.2 Å². The van der Waals surface area contributed by atoms with Crippen LogP contribution in [0.4, 0.5) is 5.69 Å². The number of sulfone groups is 1. The van der Waals surface area contributed by atoms with Gasteiger partial charge in [0.2, 0.25) is 0 Å². The van der Waals surface area contributed by atoms with E-state index >= 15 is 0 Å². The summed E-state index contributed by atoms with van der Waals surface area (Å²) in [4.78, 5) is 0.396. The van der Waals surface area contributed by atoms with Crippen molar-refractivity contribution in [2.75, 3.05) is 11.1 Å². The molecule has 1 aromatic carbocycles. The second kappa shape index (κ2) is 3.99. The lowest BCUT2D eigenvalue weighted by molar-refractivity contribution is 0.356. The van der Waals surface area contributed by atoms with Crippen LogP contribution in [0.2, 0.25) is 0 Å². The Hall–Kier alpha value is -0.550. The molecule has 0 fully saturated rings. The van der Waals surface area contributed by atoms with Gasteiger partial charge in [-0.05, 0) is 23.6 Å². The van der Waals surface area contributed by atoms with Crippen LogP contribution in [0, 0.1) is 5.41 Å². The van der Waals surface area contributed by atoms with Crippen LogP contribution in [0.1, 0.15) is 20.8 Å². The van der Waals surface area contributed by atoms with Crippen molar-refractivity contribution in [3.8, 4) is 0 Å². The molecule has 0 saturated carbocycles. The fourth-order valence-corrected chi connectivity index (χ4v) is 4.36. The molecule has 1 atom stereocenters. The Morgan fingerprint density at radius 3 is 2.59 bits per heavy atom. The highest BCUT2D eigenvalue weighted by molar-refractivity contribution is 9.10. The zero-order valence-electron chi connectivity index (χ0n) is 10.1. The average molecular weight is 318 g/mol. The number of hydrogen-bond donors (Lipinski definition) is 1. The summed E-state index contributed by atoms with van der Waals surface area (Å²) in [6.07, 6.45) is 0. The Morgan fingerprint density at radius 1 is 1.35 bits per heavy atom. The maximum Gasteiger partial charge on any atom is 0.182 e. The van der Waals surface area contributed by atoms with Crippen LogP contribution in [0.15, 0.2) is 27.6 Å². The number of halogens is 1. The molecule has 1 unspecified atom stereocenters. The van der Waals surface area contributed by atoms with Crippen molar-refractivity contribution in [2.45, 2.75) is 31.7 Å². The third-order valence-electron chi connectivity index (χ3n) is 3.04. The zero-order chi connectivity index (χ0) is 12.8. The number of rotatable bonds is 0. The van der Waals surface area contributed by atoms with Gasteiger partial charge in [0.25, 0.3) is 0 Å². The largest absolute Gasteiger partial charge is 0.380 e. The van der Waals surface area contributed by atoms with E-state index < -0.39 is 9.84 Å². The summed E-state index contributed by atoms with van der Waals surface area (Å²) in [7, 11) is -3.19. The Balaban J connectivity index is 2.52. The number of nitrogens with one attached hydrogen (secondary N) is 1. The highest BCUT2D eigenvalue weighted by Gasteiger charge is 2.36. The first kappa shape index (κ1) is 12.9. The molecule has 0 amide bonds. The number of fused-ring (bicyclic) bond motifs is 1. The van der Waals surface area contributed by atoms with Gasteiger partial charge in [-0.1, -0.05) is 36.7 Å². The van der Waals surface area contributed by atoms with Crippen LogP contribution >= 0.6 is 15.9 Å². The molecule has 0 spiro atoms. The minimum atomic E-state index is -3.19. The van der Waals surface area contributed by atoms with Crippen LogP contribution in [0.3, 0.4) is 0 Å². The summed E-state index contributed by atoms with van der Waals surface area (Å²) in [6.45, 7) is 6.14. The normalized spacial score (nSPS) is 22.7. The van der Waals surface area contributed by atoms with E-state index in [1.807, 2.05) is 32.9 Å². The second-order valence-corrected chi connectivity index (χ2v) is 8.40. The second-order valence-electron chi connectivity index (χ2n) is 5.48. The molecule has 0 bridgehead atoms. The van der Waals surface area contributed by atoms with Gasteiger partial charge in [-0.15, -0.1) is 0 Å². The van der Waals surface area contributed by atoms with Crippen LogP contribution < -0.4 is 5.32 Å². The summed E-state index contributed by atoms with van der Waals surface area (Å²) in [5.41, 5.74) is 0.622. The van der Waals surface area contributed by atoms with Crippen molar-refractivity contribution in [3.05, 3.63) is 22.7 Å². The van der Waals surface area contributed by atoms with Gasteiger partial charge >= 0.3 is 0 Å². The highest BCUT2D eigenvalue weighted by Crippen LogP contribution is 2.35. The Bertz CT molecular complexity index is 546. The van der Waals surface area contributed by atoms with E-state index in [0.717, 1.165) is 4.47 Å². The standard InChI is InChI=1S/C12H16BrNO2S/c1-12(2,3)11-7-17(15,16)10-6-8(13)4-5-9(10)14-11/h4-6,11,14H,7H2,1-3H3. The molecule has 0 radical (unpaired) electrons. The predicted molar refractivity (Wildman–Crippen MR) is 73.1 cm³/mol. The maximum absolute atomic E-state index is 12.2. The third-order valence-corrected chi connectivity index (χ3v) is 5.31. The Labute approximate surface area is 111 Å². The molecular weight excluding hydrogens is 302 g/mol. The minimum Gasteiger partial charge on any atom is -0.380 e. The van der Waals surface area contributed by atoms with Crippen molar-refractivity contribution in [1.82, 2.24) is 0 Å². The molecule has 1 heterocycles. The molecule has 0 aromatic heterocycles.